The van der Waals surface area contributed by atoms with Crippen LogP contribution in [0.4, 0.5) is 5.69 Å². The standard InChI is InChI=1S/C20H27N3O4/c1-5-13(2)9-18(24)21-11-17-14(3)27-20(23-17)15-7-6-8-16(10-15)22-19(25)12-26-4/h6-8,10,13H,5,9,11-12H2,1-4H3,(H,21,24)(H,22,25)/t13-/m0/s1. The highest BCUT2D eigenvalue weighted by atomic mass is 16.5. The molecule has 146 valence electrons. The van der Waals surface area contributed by atoms with Gasteiger partial charge >= 0.3 is 0 Å². The Morgan fingerprint density at radius 1 is 1.30 bits per heavy atom. The predicted molar refractivity (Wildman–Crippen MR) is 103 cm³/mol. The molecule has 7 heteroatoms. The van der Waals surface area contributed by atoms with Crippen molar-refractivity contribution in [1.29, 1.82) is 0 Å². The van der Waals surface area contributed by atoms with Crippen LogP contribution in [0.5, 0.6) is 0 Å². The van der Waals surface area contributed by atoms with E-state index in [-0.39, 0.29) is 18.4 Å². The van der Waals surface area contributed by atoms with Crippen LogP contribution in [0.2, 0.25) is 0 Å². The fourth-order valence-electron chi connectivity index (χ4n) is 2.49. The van der Waals surface area contributed by atoms with Crippen LogP contribution in [0.25, 0.3) is 11.5 Å². The molecule has 2 aromatic rings. The zero-order chi connectivity index (χ0) is 19.8. The number of oxazole rings is 1. The molecule has 0 spiro atoms. The third kappa shape index (κ3) is 6.21. The van der Waals surface area contributed by atoms with Crippen molar-refractivity contribution < 1.29 is 18.7 Å². The van der Waals surface area contributed by atoms with Crippen LogP contribution in [-0.4, -0.2) is 30.5 Å². The van der Waals surface area contributed by atoms with Gasteiger partial charge in [-0.2, -0.15) is 0 Å². The van der Waals surface area contributed by atoms with E-state index in [9.17, 15) is 9.59 Å². The van der Waals surface area contributed by atoms with E-state index >= 15 is 0 Å². The van der Waals surface area contributed by atoms with E-state index in [0.29, 0.717) is 41.9 Å². The number of amides is 2. The van der Waals surface area contributed by atoms with E-state index in [1.807, 2.05) is 19.1 Å². The maximum absolute atomic E-state index is 12.0. The molecule has 1 aromatic carbocycles. The van der Waals surface area contributed by atoms with Gasteiger partial charge in [-0.05, 0) is 31.0 Å². The van der Waals surface area contributed by atoms with Gasteiger partial charge in [0, 0.05) is 24.8 Å². The molecule has 0 bridgehead atoms. The summed E-state index contributed by atoms with van der Waals surface area (Å²) in [4.78, 5) is 28.1. The average Bonchev–Trinajstić information content (AvgIpc) is 3.01. The summed E-state index contributed by atoms with van der Waals surface area (Å²) in [5.74, 6) is 1.23. The van der Waals surface area contributed by atoms with Gasteiger partial charge in [-0.25, -0.2) is 4.98 Å². The number of ether oxygens (including phenoxy) is 1. The molecule has 1 heterocycles. The van der Waals surface area contributed by atoms with E-state index < -0.39 is 0 Å². The summed E-state index contributed by atoms with van der Waals surface area (Å²) in [6.07, 6.45) is 1.47. The Bertz CT molecular complexity index is 785. The average molecular weight is 373 g/mol. The number of carbonyl (C=O) groups excluding carboxylic acids is 2. The zero-order valence-corrected chi connectivity index (χ0v) is 16.3. The lowest BCUT2D eigenvalue weighted by atomic mass is 10.1. The van der Waals surface area contributed by atoms with E-state index in [0.717, 1.165) is 12.0 Å². The number of carbonyl (C=O) groups is 2. The van der Waals surface area contributed by atoms with Gasteiger partial charge in [0.2, 0.25) is 17.7 Å². The Kier molecular flexibility index (Phi) is 7.55. The van der Waals surface area contributed by atoms with Crippen molar-refractivity contribution in [1.82, 2.24) is 10.3 Å². The number of anilines is 1. The number of rotatable bonds is 9. The van der Waals surface area contributed by atoms with Crippen LogP contribution in [0.15, 0.2) is 28.7 Å². The van der Waals surface area contributed by atoms with Gasteiger partial charge in [0.05, 0.1) is 6.54 Å². The SMILES string of the molecule is CC[C@H](C)CC(=O)NCc1nc(-c2cccc(NC(=O)COC)c2)oc1C. The predicted octanol–water partition coefficient (Wildman–Crippen LogP) is 3.29. The second kappa shape index (κ2) is 9.87. The van der Waals surface area contributed by atoms with Crippen molar-refractivity contribution in [3.05, 3.63) is 35.7 Å². The number of aromatic nitrogens is 1. The lowest BCUT2D eigenvalue weighted by Crippen LogP contribution is -2.24. The normalized spacial score (nSPS) is 11.9. The molecule has 0 aliphatic carbocycles. The summed E-state index contributed by atoms with van der Waals surface area (Å²) in [6.45, 7) is 6.25. The van der Waals surface area contributed by atoms with E-state index in [2.05, 4.69) is 29.5 Å². The molecule has 27 heavy (non-hydrogen) atoms. The molecule has 0 unspecified atom stereocenters. The molecule has 0 aliphatic rings. The number of methoxy groups -OCH3 is 1. The number of benzene rings is 1. The highest BCUT2D eigenvalue weighted by Gasteiger charge is 2.14. The van der Waals surface area contributed by atoms with Crippen molar-refractivity contribution in [2.24, 2.45) is 5.92 Å². The molecule has 2 rings (SSSR count). The first-order valence-electron chi connectivity index (χ1n) is 9.05. The number of aryl methyl sites for hydroxylation is 1. The number of hydrogen-bond donors (Lipinski definition) is 2. The minimum Gasteiger partial charge on any atom is -0.441 e. The first kappa shape index (κ1) is 20.6. The Morgan fingerprint density at radius 3 is 2.78 bits per heavy atom. The fraction of sp³-hybridized carbons (Fsp3) is 0.450. The quantitative estimate of drug-likeness (QED) is 0.703. The van der Waals surface area contributed by atoms with Crippen LogP contribution in [0.1, 0.15) is 38.1 Å². The molecule has 2 N–H and O–H groups in total. The van der Waals surface area contributed by atoms with Crippen molar-refractivity contribution in [2.75, 3.05) is 19.0 Å². The third-order valence-corrected chi connectivity index (χ3v) is 4.25. The summed E-state index contributed by atoms with van der Waals surface area (Å²) < 4.78 is 10.6. The number of hydrogen-bond acceptors (Lipinski definition) is 5. The molecule has 0 saturated carbocycles. The molecule has 0 fully saturated rings. The van der Waals surface area contributed by atoms with E-state index in [1.165, 1.54) is 7.11 Å². The highest BCUT2D eigenvalue weighted by molar-refractivity contribution is 5.92. The van der Waals surface area contributed by atoms with Gasteiger partial charge in [0.25, 0.3) is 0 Å². The minimum absolute atomic E-state index is 0.0103. The smallest absolute Gasteiger partial charge is 0.250 e. The molecular weight excluding hydrogens is 346 g/mol. The molecule has 1 aromatic heterocycles. The Hall–Kier alpha value is -2.67. The first-order chi connectivity index (χ1) is 12.9. The van der Waals surface area contributed by atoms with Gasteiger partial charge < -0.3 is 19.8 Å². The molecule has 0 saturated heterocycles. The van der Waals surface area contributed by atoms with E-state index in [4.69, 9.17) is 9.15 Å². The Labute approximate surface area is 159 Å². The van der Waals surface area contributed by atoms with Crippen LogP contribution in [-0.2, 0) is 20.9 Å². The molecular formula is C20H27N3O4. The van der Waals surface area contributed by atoms with Gasteiger partial charge in [0.1, 0.15) is 18.1 Å². The largest absolute Gasteiger partial charge is 0.441 e. The maximum atomic E-state index is 12.0. The Morgan fingerprint density at radius 2 is 2.07 bits per heavy atom. The second-order valence-electron chi connectivity index (χ2n) is 6.58. The Balaban J connectivity index is 2.05. The lowest BCUT2D eigenvalue weighted by molar-refractivity contribution is -0.122. The third-order valence-electron chi connectivity index (χ3n) is 4.25. The lowest BCUT2D eigenvalue weighted by Gasteiger charge is -2.08. The van der Waals surface area contributed by atoms with Crippen LogP contribution < -0.4 is 10.6 Å². The molecule has 2 amide bonds. The van der Waals surface area contributed by atoms with Crippen LogP contribution in [0, 0.1) is 12.8 Å². The molecule has 7 nitrogen and oxygen atoms in total. The van der Waals surface area contributed by atoms with Crippen LogP contribution in [0.3, 0.4) is 0 Å². The zero-order valence-electron chi connectivity index (χ0n) is 16.3. The summed E-state index contributed by atoms with van der Waals surface area (Å²) >= 11 is 0. The maximum Gasteiger partial charge on any atom is 0.250 e. The van der Waals surface area contributed by atoms with E-state index in [1.54, 1.807) is 12.1 Å². The fourth-order valence-corrected chi connectivity index (χ4v) is 2.49. The minimum atomic E-state index is -0.233. The molecule has 0 aliphatic heterocycles. The van der Waals surface area contributed by atoms with Gasteiger partial charge in [-0.15, -0.1) is 0 Å². The monoisotopic (exact) mass is 373 g/mol. The number of nitrogens with zero attached hydrogens (tertiary/aromatic N) is 1. The van der Waals surface area contributed by atoms with Crippen LogP contribution >= 0.6 is 0 Å². The molecule has 1 atom stereocenters. The summed E-state index contributed by atoms with van der Waals surface area (Å²) in [7, 11) is 1.47. The van der Waals surface area contributed by atoms with Crippen molar-refractivity contribution in [3.63, 3.8) is 0 Å². The summed E-state index contributed by atoms with van der Waals surface area (Å²) in [6, 6.07) is 7.22. The van der Waals surface area contributed by atoms with Gasteiger partial charge in [0.15, 0.2) is 0 Å². The first-order valence-corrected chi connectivity index (χ1v) is 9.05. The topological polar surface area (TPSA) is 93.5 Å². The summed E-state index contributed by atoms with van der Waals surface area (Å²) in [5, 5.41) is 5.64. The number of nitrogens with one attached hydrogen (secondary N) is 2. The molecule has 0 radical (unpaired) electrons. The van der Waals surface area contributed by atoms with Gasteiger partial charge in [-0.3, -0.25) is 9.59 Å². The van der Waals surface area contributed by atoms with Crippen molar-refractivity contribution >= 4 is 17.5 Å². The highest BCUT2D eigenvalue weighted by Crippen LogP contribution is 2.24. The second-order valence-corrected chi connectivity index (χ2v) is 6.58. The van der Waals surface area contributed by atoms with Crippen molar-refractivity contribution in [3.8, 4) is 11.5 Å². The van der Waals surface area contributed by atoms with Gasteiger partial charge in [-0.1, -0.05) is 26.3 Å². The summed E-state index contributed by atoms with van der Waals surface area (Å²) in [5.41, 5.74) is 2.07. The van der Waals surface area contributed by atoms with Crippen molar-refractivity contribution in [2.45, 2.75) is 40.2 Å².